The maximum Gasteiger partial charge on any atom is 0.330 e. The number of nitrogens with zero attached hydrogens (tertiary/aromatic N) is 2. The molecule has 4 N–H and O–H groups in total. The van der Waals surface area contributed by atoms with Crippen LogP contribution in [0, 0.1) is 17.2 Å². The highest BCUT2D eigenvalue weighted by atomic mass is 19.1. The van der Waals surface area contributed by atoms with Crippen molar-refractivity contribution in [3.63, 3.8) is 0 Å². The summed E-state index contributed by atoms with van der Waals surface area (Å²) in [6.07, 6.45) is 1.06. The van der Waals surface area contributed by atoms with Crippen LogP contribution in [0.1, 0.15) is 44.0 Å². The van der Waals surface area contributed by atoms with Gasteiger partial charge in [-0.25, -0.2) is 19.0 Å². The van der Waals surface area contributed by atoms with Crippen LogP contribution in [0.5, 0.6) is 11.5 Å². The topological polar surface area (TPSA) is 159 Å². The van der Waals surface area contributed by atoms with Gasteiger partial charge >= 0.3 is 12.0 Å². The molecule has 2 aliphatic rings. The van der Waals surface area contributed by atoms with E-state index in [9.17, 15) is 28.7 Å². The maximum absolute atomic E-state index is 14.2. The number of pyridine rings is 1. The average Bonchev–Trinajstić information content (AvgIpc) is 3.71. The van der Waals surface area contributed by atoms with Gasteiger partial charge in [-0.3, -0.25) is 9.59 Å². The third-order valence-electron chi connectivity index (χ3n) is 10.1. The van der Waals surface area contributed by atoms with Crippen molar-refractivity contribution in [1.82, 2.24) is 25.8 Å². The van der Waals surface area contributed by atoms with E-state index in [0.717, 1.165) is 11.6 Å². The molecule has 1 saturated heterocycles. The van der Waals surface area contributed by atoms with Crippen molar-refractivity contribution in [2.45, 2.75) is 57.3 Å². The van der Waals surface area contributed by atoms with E-state index in [-0.39, 0.29) is 31.5 Å². The molecule has 1 aliphatic carbocycles. The van der Waals surface area contributed by atoms with Gasteiger partial charge in [0.15, 0.2) is 0 Å². The number of nitrogens with one attached hydrogen (secondary N) is 3. The molecule has 1 aromatic heterocycles. The summed E-state index contributed by atoms with van der Waals surface area (Å²) in [6.45, 7) is 9.37. The molecule has 3 aromatic carbocycles. The van der Waals surface area contributed by atoms with E-state index in [0.29, 0.717) is 28.1 Å². The number of carboxylic acid groups (broad SMARTS) is 1. The van der Waals surface area contributed by atoms with Gasteiger partial charge in [0.1, 0.15) is 35.0 Å². The number of likely N-dealkylation sites (tertiary alicyclic amines) is 1. The Kier molecular flexibility index (Phi) is 10.6. The quantitative estimate of drug-likeness (QED) is 0.137. The molecule has 1 saturated carbocycles. The molecule has 0 radical (unpaired) electrons. The molecule has 13 heteroatoms. The van der Waals surface area contributed by atoms with Crippen molar-refractivity contribution in [2.75, 3.05) is 20.2 Å². The van der Waals surface area contributed by atoms with Crippen molar-refractivity contribution in [2.24, 2.45) is 11.3 Å². The molecule has 4 amide bonds. The molecular weight excluding hydrogens is 693 g/mol. The number of carbonyl (C=O) groups is 4. The number of amides is 4. The van der Waals surface area contributed by atoms with E-state index < -0.39 is 64.7 Å². The fourth-order valence-electron chi connectivity index (χ4n) is 6.74. The van der Waals surface area contributed by atoms with Gasteiger partial charge in [0.05, 0.1) is 30.9 Å². The first-order chi connectivity index (χ1) is 25.7. The minimum absolute atomic E-state index is 0.00703. The molecule has 5 atom stereocenters. The van der Waals surface area contributed by atoms with Gasteiger partial charge in [-0.05, 0) is 42.2 Å². The number of rotatable bonds is 12. The van der Waals surface area contributed by atoms with Gasteiger partial charge in [-0.2, -0.15) is 0 Å². The van der Waals surface area contributed by atoms with Crippen molar-refractivity contribution < 1.29 is 38.1 Å². The third-order valence-corrected chi connectivity index (χ3v) is 10.1. The lowest BCUT2D eigenvalue weighted by atomic mass is 9.86. The second-order valence-electron chi connectivity index (χ2n) is 14.8. The van der Waals surface area contributed by atoms with Gasteiger partial charge in [-0.15, -0.1) is 6.58 Å². The van der Waals surface area contributed by atoms with E-state index >= 15 is 0 Å². The second kappa shape index (κ2) is 15.2. The summed E-state index contributed by atoms with van der Waals surface area (Å²) in [5, 5.41) is 19.2. The Morgan fingerprint density at radius 1 is 1.07 bits per heavy atom. The summed E-state index contributed by atoms with van der Waals surface area (Å²) in [5.74, 6) is -2.25. The van der Waals surface area contributed by atoms with Crippen molar-refractivity contribution in [3.8, 4) is 22.8 Å². The summed E-state index contributed by atoms with van der Waals surface area (Å²) in [4.78, 5) is 59.6. The van der Waals surface area contributed by atoms with Crippen molar-refractivity contribution in [1.29, 1.82) is 0 Å². The highest BCUT2D eigenvalue weighted by Crippen LogP contribution is 2.45. The van der Waals surface area contributed by atoms with Gasteiger partial charge < -0.3 is 35.4 Å². The molecule has 1 unspecified atom stereocenters. The van der Waals surface area contributed by atoms with Gasteiger partial charge in [-0.1, -0.05) is 63.2 Å². The number of hydrogen-bond acceptors (Lipinski definition) is 7. The van der Waals surface area contributed by atoms with E-state index in [2.05, 4.69) is 22.5 Å². The largest absolute Gasteiger partial charge is 0.497 e. The predicted molar refractivity (Wildman–Crippen MR) is 201 cm³/mol. The molecule has 0 bridgehead atoms. The lowest BCUT2D eigenvalue weighted by Crippen LogP contribution is -2.58. The predicted octanol–water partition coefficient (Wildman–Crippen LogP) is 5.57. The van der Waals surface area contributed by atoms with E-state index in [1.165, 1.54) is 29.2 Å². The molecule has 2 heterocycles. The molecule has 4 aromatic rings. The van der Waals surface area contributed by atoms with Crippen LogP contribution in [0.2, 0.25) is 0 Å². The summed E-state index contributed by atoms with van der Waals surface area (Å²) < 4.78 is 25.9. The second-order valence-corrected chi connectivity index (χ2v) is 14.8. The minimum Gasteiger partial charge on any atom is -0.497 e. The van der Waals surface area contributed by atoms with E-state index in [1.54, 1.807) is 19.2 Å². The van der Waals surface area contributed by atoms with Crippen molar-refractivity contribution in [3.05, 3.63) is 103 Å². The SMILES string of the molecule is C=CC1C[C@]1(NC(=O)[C@@H]1C[C@@H](Oc2cc(-c3ccccc3)nc3cc(OC)ccc23)CN1C(=O)N[C@H](CNC(=O)c1cccc(F)c1)C(C)(C)C)C(=O)O. The Labute approximate surface area is 312 Å². The number of aliphatic carboxylic acids is 1. The molecule has 12 nitrogen and oxygen atoms in total. The van der Waals surface area contributed by atoms with Crippen LogP contribution in [0.3, 0.4) is 0 Å². The van der Waals surface area contributed by atoms with Crippen LogP contribution in [-0.2, 0) is 9.59 Å². The molecule has 2 fully saturated rings. The number of fused-ring (bicyclic) bond motifs is 1. The van der Waals surface area contributed by atoms with Crippen LogP contribution >= 0.6 is 0 Å². The summed E-state index contributed by atoms with van der Waals surface area (Å²) in [5.41, 5.74) is 0.173. The Balaban J connectivity index is 1.28. The lowest BCUT2D eigenvalue weighted by Gasteiger charge is -2.34. The first-order valence-electron chi connectivity index (χ1n) is 17.7. The Bertz CT molecular complexity index is 2090. The fraction of sp³-hybridized carbons (Fsp3) is 0.341. The number of aromatic nitrogens is 1. The number of halogens is 1. The van der Waals surface area contributed by atoms with E-state index in [4.69, 9.17) is 14.5 Å². The first-order valence-corrected chi connectivity index (χ1v) is 17.7. The van der Waals surface area contributed by atoms with Gasteiger partial charge in [0, 0.05) is 47.5 Å². The number of carbonyl (C=O) groups excluding carboxylic acids is 3. The van der Waals surface area contributed by atoms with Crippen LogP contribution in [0.15, 0.2) is 91.5 Å². The zero-order valence-electron chi connectivity index (χ0n) is 30.6. The van der Waals surface area contributed by atoms with E-state index in [1.807, 2.05) is 63.2 Å². The molecule has 54 heavy (non-hydrogen) atoms. The molecular formula is C41H44FN5O7. The zero-order valence-corrected chi connectivity index (χ0v) is 30.6. The lowest BCUT2D eigenvalue weighted by molar-refractivity contribution is -0.144. The number of hydrogen-bond donors (Lipinski definition) is 4. The molecule has 0 spiro atoms. The first kappa shape index (κ1) is 37.8. The van der Waals surface area contributed by atoms with Gasteiger partial charge in [0.2, 0.25) is 5.91 Å². The Hall–Kier alpha value is -5.98. The molecule has 282 valence electrons. The Morgan fingerprint density at radius 2 is 1.83 bits per heavy atom. The smallest absolute Gasteiger partial charge is 0.330 e. The summed E-state index contributed by atoms with van der Waals surface area (Å²) in [7, 11) is 1.57. The number of urea groups is 1. The third kappa shape index (κ3) is 7.99. The average molecular weight is 738 g/mol. The normalized spacial score (nSPS) is 21.1. The Morgan fingerprint density at radius 3 is 2.48 bits per heavy atom. The van der Waals surface area contributed by atoms with Crippen molar-refractivity contribution >= 4 is 34.7 Å². The number of ether oxygens (including phenoxy) is 2. The zero-order chi connectivity index (χ0) is 38.8. The monoisotopic (exact) mass is 737 g/mol. The summed E-state index contributed by atoms with van der Waals surface area (Å²) in [6, 6.07) is 19.8. The maximum atomic E-state index is 14.2. The fourth-order valence-corrected chi connectivity index (χ4v) is 6.74. The minimum atomic E-state index is -1.51. The van der Waals surface area contributed by atoms with Crippen LogP contribution in [0.4, 0.5) is 9.18 Å². The number of benzene rings is 3. The molecule has 1 aliphatic heterocycles. The van der Waals surface area contributed by atoms with Crippen LogP contribution < -0.4 is 25.4 Å². The highest BCUT2D eigenvalue weighted by Gasteiger charge is 2.61. The van der Waals surface area contributed by atoms with Crippen LogP contribution in [0.25, 0.3) is 22.2 Å². The number of methoxy groups -OCH3 is 1. The number of carboxylic acids is 1. The standard InChI is InChI=1S/C41H44FN5O7/c1-6-26-21-41(26,38(50)51)46-37(49)33-19-29(54-34-20-31(24-11-8-7-9-12-24)44-32-18-28(53-5)15-16-30(32)34)23-47(33)39(52)45-35(40(2,3)4)22-43-36(48)25-13-10-14-27(42)17-25/h6-18,20,26,29,33,35H,1,19,21-23H2,2-5H3,(H,43,48)(H,45,52)(H,46,49)(H,50,51)/t26?,29-,33+,35-,41-/m1/s1. The molecule has 6 rings (SSSR count). The summed E-state index contributed by atoms with van der Waals surface area (Å²) >= 11 is 0. The van der Waals surface area contributed by atoms with Crippen LogP contribution in [-0.4, -0.2) is 82.7 Å². The highest BCUT2D eigenvalue weighted by molar-refractivity contribution is 5.95. The van der Waals surface area contributed by atoms with Gasteiger partial charge in [0.25, 0.3) is 5.91 Å².